The van der Waals surface area contributed by atoms with Crippen molar-refractivity contribution in [2.75, 3.05) is 0 Å². The zero-order valence-corrected chi connectivity index (χ0v) is 11.3. The molecular formula is C15H11IO. The van der Waals surface area contributed by atoms with Crippen molar-refractivity contribution in [3.05, 3.63) is 75.4 Å². The summed E-state index contributed by atoms with van der Waals surface area (Å²) >= 11 is 2.09. The summed E-state index contributed by atoms with van der Waals surface area (Å²) in [7, 11) is 0. The molecule has 0 aromatic heterocycles. The van der Waals surface area contributed by atoms with E-state index in [1.807, 2.05) is 66.7 Å². The molecule has 0 saturated heterocycles. The van der Waals surface area contributed by atoms with Gasteiger partial charge in [0, 0.05) is 5.56 Å². The Balaban J connectivity index is 2.24. The van der Waals surface area contributed by atoms with Gasteiger partial charge in [-0.05, 0) is 34.2 Å². The predicted octanol–water partition coefficient (Wildman–Crippen LogP) is 4.35. The van der Waals surface area contributed by atoms with Crippen LogP contribution in [-0.4, -0.2) is 5.78 Å². The van der Waals surface area contributed by atoms with Gasteiger partial charge in [0.15, 0.2) is 5.78 Å². The topological polar surface area (TPSA) is 17.1 Å². The molecule has 84 valence electrons. The molecule has 0 aliphatic carbocycles. The van der Waals surface area contributed by atoms with Crippen LogP contribution in [0.15, 0.2) is 64.2 Å². The fourth-order valence-corrected chi connectivity index (χ4v) is 2.16. The molecule has 17 heavy (non-hydrogen) atoms. The standard InChI is InChI=1S/C15H11IO/c16-14(11-12-7-3-1-4-8-12)15(17)13-9-5-2-6-10-13/h1-11H. The highest BCUT2D eigenvalue weighted by Crippen LogP contribution is 2.18. The molecule has 0 unspecified atom stereocenters. The molecule has 0 heterocycles. The van der Waals surface area contributed by atoms with Crippen molar-refractivity contribution < 1.29 is 4.79 Å². The van der Waals surface area contributed by atoms with E-state index < -0.39 is 0 Å². The molecular weight excluding hydrogens is 323 g/mol. The number of hydrogen-bond donors (Lipinski definition) is 0. The number of Topliss-reactive ketones (excluding diaryl/α,β-unsaturated/α-hetero) is 1. The van der Waals surface area contributed by atoms with Gasteiger partial charge in [0.05, 0.1) is 3.58 Å². The van der Waals surface area contributed by atoms with E-state index in [0.29, 0.717) is 0 Å². The maximum Gasteiger partial charge on any atom is 0.199 e. The Hall–Kier alpha value is -1.42. The van der Waals surface area contributed by atoms with E-state index in [-0.39, 0.29) is 5.78 Å². The van der Waals surface area contributed by atoms with Crippen LogP contribution in [-0.2, 0) is 0 Å². The first-order valence-corrected chi connectivity index (χ1v) is 6.37. The van der Waals surface area contributed by atoms with Crippen molar-refractivity contribution in [1.82, 2.24) is 0 Å². The van der Waals surface area contributed by atoms with Gasteiger partial charge < -0.3 is 0 Å². The molecule has 0 radical (unpaired) electrons. The maximum absolute atomic E-state index is 12.1. The molecule has 0 saturated carbocycles. The van der Waals surface area contributed by atoms with Gasteiger partial charge in [0.1, 0.15) is 0 Å². The summed E-state index contributed by atoms with van der Waals surface area (Å²) in [5.41, 5.74) is 1.77. The Kier molecular flexibility index (Phi) is 4.09. The lowest BCUT2D eigenvalue weighted by Gasteiger charge is -1.99. The fourth-order valence-electron chi connectivity index (χ4n) is 1.49. The van der Waals surface area contributed by atoms with Gasteiger partial charge in [-0.1, -0.05) is 60.7 Å². The molecule has 0 aliphatic heterocycles. The predicted molar refractivity (Wildman–Crippen MR) is 79.2 cm³/mol. The maximum atomic E-state index is 12.1. The van der Waals surface area contributed by atoms with E-state index in [9.17, 15) is 4.79 Å². The van der Waals surface area contributed by atoms with Gasteiger partial charge in [-0.2, -0.15) is 0 Å². The highest BCUT2D eigenvalue weighted by molar-refractivity contribution is 14.1. The largest absolute Gasteiger partial charge is 0.288 e. The van der Waals surface area contributed by atoms with Crippen molar-refractivity contribution in [3.8, 4) is 0 Å². The minimum Gasteiger partial charge on any atom is -0.288 e. The van der Waals surface area contributed by atoms with Gasteiger partial charge in [-0.3, -0.25) is 4.79 Å². The molecule has 0 aliphatic rings. The molecule has 2 aromatic rings. The quantitative estimate of drug-likeness (QED) is 0.463. The number of rotatable bonds is 3. The van der Waals surface area contributed by atoms with Crippen LogP contribution in [0.4, 0.5) is 0 Å². The van der Waals surface area contributed by atoms with E-state index in [1.54, 1.807) is 0 Å². The molecule has 0 bridgehead atoms. The van der Waals surface area contributed by atoms with Gasteiger partial charge >= 0.3 is 0 Å². The third-order valence-electron chi connectivity index (χ3n) is 2.35. The summed E-state index contributed by atoms with van der Waals surface area (Å²) in [5.74, 6) is 0.0649. The SMILES string of the molecule is O=C(C(I)=Cc1ccccc1)c1ccccc1. The number of halogens is 1. The number of hydrogen-bond acceptors (Lipinski definition) is 1. The van der Waals surface area contributed by atoms with Gasteiger partial charge in [0.25, 0.3) is 0 Å². The van der Waals surface area contributed by atoms with E-state index in [2.05, 4.69) is 22.6 Å². The average Bonchev–Trinajstić information content (AvgIpc) is 2.40. The van der Waals surface area contributed by atoms with Crippen molar-refractivity contribution >= 4 is 34.5 Å². The van der Waals surface area contributed by atoms with Crippen LogP contribution in [0.25, 0.3) is 6.08 Å². The fraction of sp³-hybridized carbons (Fsp3) is 0. The van der Waals surface area contributed by atoms with Crippen LogP contribution < -0.4 is 0 Å². The summed E-state index contributed by atoms with van der Waals surface area (Å²) in [6.45, 7) is 0. The van der Waals surface area contributed by atoms with Gasteiger partial charge in [-0.25, -0.2) is 0 Å². The van der Waals surface area contributed by atoms with Crippen LogP contribution in [0.1, 0.15) is 15.9 Å². The normalized spacial score (nSPS) is 11.2. The molecule has 0 N–H and O–H groups in total. The highest BCUT2D eigenvalue weighted by atomic mass is 127. The van der Waals surface area contributed by atoms with Crippen LogP contribution in [0.3, 0.4) is 0 Å². The molecule has 2 aromatic carbocycles. The lowest BCUT2D eigenvalue weighted by atomic mass is 10.1. The smallest absolute Gasteiger partial charge is 0.199 e. The number of benzene rings is 2. The summed E-state index contributed by atoms with van der Waals surface area (Å²) in [6, 6.07) is 19.2. The van der Waals surface area contributed by atoms with E-state index >= 15 is 0 Å². The average molecular weight is 334 g/mol. The molecule has 0 spiro atoms. The third kappa shape index (κ3) is 3.27. The lowest BCUT2D eigenvalue weighted by Crippen LogP contribution is -1.97. The Morgan fingerprint density at radius 2 is 1.41 bits per heavy atom. The molecule has 2 heteroatoms. The number of ketones is 1. The number of allylic oxidation sites excluding steroid dienone is 1. The van der Waals surface area contributed by atoms with E-state index in [4.69, 9.17) is 0 Å². The van der Waals surface area contributed by atoms with Crippen molar-refractivity contribution in [3.63, 3.8) is 0 Å². The molecule has 0 fully saturated rings. The molecule has 1 nitrogen and oxygen atoms in total. The Morgan fingerprint density at radius 3 is 2.00 bits per heavy atom. The zero-order chi connectivity index (χ0) is 12.1. The third-order valence-corrected chi connectivity index (χ3v) is 3.15. The van der Waals surface area contributed by atoms with Crippen molar-refractivity contribution in [2.24, 2.45) is 0 Å². The summed E-state index contributed by atoms with van der Waals surface area (Å²) in [4.78, 5) is 12.1. The second kappa shape index (κ2) is 5.77. The minimum atomic E-state index is 0.0649. The van der Waals surface area contributed by atoms with Crippen LogP contribution in [0, 0.1) is 0 Å². The second-order valence-electron chi connectivity index (χ2n) is 3.60. The molecule has 0 amide bonds. The minimum absolute atomic E-state index is 0.0649. The first-order chi connectivity index (χ1) is 8.27. The first-order valence-electron chi connectivity index (χ1n) is 5.29. The van der Waals surface area contributed by atoms with E-state index in [1.165, 1.54) is 0 Å². The zero-order valence-electron chi connectivity index (χ0n) is 9.14. The van der Waals surface area contributed by atoms with E-state index in [0.717, 1.165) is 14.7 Å². The Labute approximate surface area is 114 Å². The summed E-state index contributed by atoms with van der Waals surface area (Å²) in [6.07, 6.45) is 1.90. The Morgan fingerprint density at radius 1 is 0.882 bits per heavy atom. The van der Waals surface area contributed by atoms with Crippen molar-refractivity contribution in [1.29, 1.82) is 0 Å². The van der Waals surface area contributed by atoms with Crippen molar-refractivity contribution in [2.45, 2.75) is 0 Å². The summed E-state index contributed by atoms with van der Waals surface area (Å²) < 4.78 is 0.722. The lowest BCUT2D eigenvalue weighted by molar-refractivity contribution is 0.104. The number of carbonyl (C=O) groups is 1. The highest BCUT2D eigenvalue weighted by Gasteiger charge is 2.08. The monoisotopic (exact) mass is 334 g/mol. The summed E-state index contributed by atoms with van der Waals surface area (Å²) in [5, 5.41) is 0. The molecule has 0 atom stereocenters. The number of carbonyl (C=O) groups excluding carboxylic acids is 1. The second-order valence-corrected chi connectivity index (χ2v) is 4.76. The van der Waals surface area contributed by atoms with Crippen LogP contribution in [0.5, 0.6) is 0 Å². The van der Waals surface area contributed by atoms with Gasteiger partial charge in [-0.15, -0.1) is 0 Å². The van der Waals surface area contributed by atoms with Gasteiger partial charge in [0.2, 0.25) is 0 Å². The van der Waals surface area contributed by atoms with Crippen LogP contribution in [0.2, 0.25) is 0 Å². The first kappa shape index (κ1) is 12.0. The van der Waals surface area contributed by atoms with Crippen LogP contribution >= 0.6 is 22.6 Å². The molecule has 2 rings (SSSR count). The Bertz CT molecular complexity index is 529.